The van der Waals surface area contributed by atoms with Crippen molar-refractivity contribution in [1.82, 2.24) is 14.8 Å². The molecule has 0 aliphatic rings. The van der Waals surface area contributed by atoms with Crippen molar-refractivity contribution in [2.75, 3.05) is 5.32 Å². The van der Waals surface area contributed by atoms with Crippen molar-refractivity contribution >= 4 is 23.2 Å². The summed E-state index contributed by atoms with van der Waals surface area (Å²) in [5.41, 5.74) is 2.68. The first-order valence-electron chi connectivity index (χ1n) is 5.41. The number of amides is 1. The summed E-state index contributed by atoms with van der Waals surface area (Å²) < 4.78 is 1.64. The van der Waals surface area contributed by atoms with Gasteiger partial charge in [0.05, 0.1) is 5.69 Å². The van der Waals surface area contributed by atoms with Gasteiger partial charge in [-0.3, -0.25) is 9.48 Å². The highest BCUT2D eigenvalue weighted by atomic mass is 35.5. The summed E-state index contributed by atoms with van der Waals surface area (Å²) in [7, 11) is 1.79. The molecule has 2 rings (SSSR count). The Kier molecular flexibility index (Phi) is 3.34. The molecule has 0 aliphatic heterocycles. The van der Waals surface area contributed by atoms with Gasteiger partial charge in [0.25, 0.3) is 5.91 Å². The van der Waals surface area contributed by atoms with Crippen molar-refractivity contribution < 1.29 is 4.79 Å². The van der Waals surface area contributed by atoms with E-state index in [1.807, 2.05) is 13.8 Å². The van der Waals surface area contributed by atoms with Gasteiger partial charge in [0.1, 0.15) is 0 Å². The van der Waals surface area contributed by atoms with Crippen molar-refractivity contribution in [2.24, 2.45) is 7.05 Å². The molecule has 0 unspecified atom stereocenters. The van der Waals surface area contributed by atoms with Crippen LogP contribution in [0.25, 0.3) is 0 Å². The molecule has 0 atom stereocenters. The summed E-state index contributed by atoms with van der Waals surface area (Å²) >= 11 is 5.91. The molecule has 2 aromatic heterocycles. The molecule has 2 aromatic rings. The third-order valence-electron chi connectivity index (χ3n) is 2.57. The van der Waals surface area contributed by atoms with Gasteiger partial charge in [-0.25, -0.2) is 4.98 Å². The van der Waals surface area contributed by atoms with Gasteiger partial charge in [-0.2, -0.15) is 5.10 Å². The third kappa shape index (κ3) is 2.51. The van der Waals surface area contributed by atoms with E-state index in [9.17, 15) is 4.79 Å². The number of aryl methyl sites for hydroxylation is 3. The van der Waals surface area contributed by atoms with Crippen LogP contribution in [0.5, 0.6) is 0 Å². The number of halogens is 1. The number of hydrogen-bond donors (Lipinski definition) is 1. The van der Waals surface area contributed by atoms with Crippen molar-refractivity contribution in [3.8, 4) is 0 Å². The first kappa shape index (κ1) is 12.6. The molecular weight excluding hydrogens is 252 g/mol. The summed E-state index contributed by atoms with van der Waals surface area (Å²) in [6, 6.07) is 3.48. The van der Waals surface area contributed by atoms with E-state index in [1.165, 1.54) is 0 Å². The van der Waals surface area contributed by atoms with E-state index in [0.717, 1.165) is 11.3 Å². The minimum absolute atomic E-state index is 0.265. The van der Waals surface area contributed by atoms with Crippen molar-refractivity contribution in [3.63, 3.8) is 0 Å². The summed E-state index contributed by atoms with van der Waals surface area (Å²) in [5, 5.41) is 7.06. The molecule has 6 heteroatoms. The molecule has 18 heavy (non-hydrogen) atoms. The fourth-order valence-corrected chi connectivity index (χ4v) is 1.65. The second-order valence-electron chi connectivity index (χ2n) is 4.10. The van der Waals surface area contributed by atoms with Crippen LogP contribution in [-0.4, -0.2) is 20.7 Å². The molecule has 0 saturated heterocycles. The zero-order valence-electron chi connectivity index (χ0n) is 10.4. The number of nitrogens with one attached hydrogen (secondary N) is 1. The standard InChI is InChI=1S/C12H13ClN4O/c1-7-4-9(11(13)14-6-7)15-12(18)10-5-8(2)17(3)16-10/h4-6H,1-3H3,(H,15,18). The lowest BCUT2D eigenvalue weighted by Gasteiger charge is -2.05. The number of anilines is 1. The highest BCUT2D eigenvalue weighted by Crippen LogP contribution is 2.20. The van der Waals surface area contributed by atoms with Crippen LogP contribution in [0.4, 0.5) is 5.69 Å². The molecule has 0 radical (unpaired) electrons. The predicted molar refractivity (Wildman–Crippen MR) is 69.9 cm³/mol. The molecule has 0 spiro atoms. The normalized spacial score (nSPS) is 10.4. The molecule has 1 N–H and O–H groups in total. The minimum atomic E-state index is -0.298. The van der Waals surface area contributed by atoms with E-state index in [-0.39, 0.29) is 11.1 Å². The summed E-state index contributed by atoms with van der Waals surface area (Å²) in [4.78, 5) is 15.9. The SMILES string of the molecule is Cc1cnc(Cl)c(NC(=O)c2cc(C)n(C)n2)c1. The van der Waals surface area contributed by atoms with Crippen molar-refractivity contribution in [3.05, 3.63) is 40.4 Å². The number of hydrogen-bond acceptors (Lipinski definition) is 3. The second kappa shape index (κ2) is 4.78. The van der Waals surface area contributed by atoms with Crippen LogP contribution in [0.1, 0.15) is 21.7 Å². The molecule has 2 heterocycles. The van der Waals surface area contributed by atoms with Crippen LogP contribution in [0, 0.1) is 13.8 Å². The number of carbonyl (C=O) groups excluding carboxylic acids is 1. The summed E-state index contributed by atoms with van der Waals surface area (Å²) in [6.45, 7) is 3.76. The molecular formula is C12H13ClN4O. The van der Waals surface area contributed by atoms with E-state index in [1.54, 1.807) is 30.1 Å². The maximum absolute atomic E-state index is 12.0. The minimum Gasteiger partial charge on any atom is -0.318 e. The van der Waals surface area contributed by atoms with E-state index < -0.39 is 0 Å². The van der Waals surface area contributed by atoms with Crippen LogP contribution in [0.15, 0.2) is 18.3 Å². The molecule has 94 valence electrons. The molecule has 1 amide bonds. The topological polar surface area (TPSA) is 59.8 Å². The fraction of sp³-hybridized carbons (Fsp3) is 0.250. The van der Waals surface area contributed by atoms with Gasteiger partial charge < -0.3 is 5.32 Å². The summed E-state index contributed by atoms with van der Waals surface area (Å²) in [5.74, 6) is -0.298. The van der Waals surface area contributed by atoms with Crippen LogP contribution < -0.4 is 5.32 Å². The molecule has 0 bridgehead atoms. The van der Waals surface area contributed by atoms with Gasteiger partial charge in [0, 0.05) is 18.9 Å². The highest BCUT2D eigenvalue weighted by Gasteiger charge is 2.13. The monoisotopic (exact) mass is 264 g/mol. The molecule has 0 aliphatic carbocycles. The Morgan fingerprint density at radius 3 is 2.72 bits per heavy atom. The van der Waals surface area contributed by atoms with Crippen LogP contribution in [0.2, 0.25) is 5.15 Å². The van der Waals surface area contributed by atoms with Crippen molar-refractivity contribution in [1.29, 1.82) is 0 Å². The number of nitrogens with zero attached hydrogens (tertiary/aromatic N) is 3. The van der Waals surface area contributed by atoms with E-state index in [2.05, 4.69) is 15.4 Å². The first-order valence-corrected chi connectivity index (χ1v) is 5.79. The van der Waals surface area contributed by atoms with Gasteiger partial charge in [0.15, 0.2) is 10.8 Å². The maximum Gasteiger partial charge on any atom is 0.276 e. The number of rotatable bonds is 2. The zero-order chi connectivity index (χ0) is 13.3. The van der Waals surface area contributed by atoms with E-state index in [0.29, 0.717) is 11.4 Å². The van der Waals surface area contributed by atoms with Crippen LogP contribution >= 0.6 is 11.6 Å². The highest BCUT2D eigenvalue weighted by molar-refractivity contribution is 6.32. The quantitative estimate of drug-likeness (QED) is 0.847. The van der Waals surface area contributed by atoms with Crippen LogP contribution in [-0.2, 0) is 7.05 Å². The predicted octanol–water partition coefficient (Wildman–Crippen LogP) is 2.34. The van der Waals surface area contributed by atoms with Crippen molar-refractivity contribution in [2.45, 2.75) is 13.8 Å². The second-order valence-corrected chi connectivity index (χ2v) is 4.46. The molecule has 5 nitrogen and oxygen atoms in total. The maximum atomic E-state index is 12.0. The lowest BCUT2D eigenvalue weighted by Crippen LogP contribution is -2.13. The molecule has 0 fully saturated rings. The molecule has 0 aromatic carbocycles. The van der Waals surface area contributed by atoms with Gasteiger partial charge >= 0.3 is 0 Å². The van der Waals surface area contributed by atoms with Gasteiger partial charge in [-0.1, -0.05) is 11.6 Å². The smallest absolute Gasteiger partial charge is 0.276 e. The number of aromatic nitrogens is 3. The Labute approximate surface area is 110 Å². The first-order chi connectivity index (χ1) is 8.47. The lowest BCUT2D eigenvalue weighted by molar-refractivity contribution is 0.102. The Morgan fingerprint density at radius 2 is 2.11 bits per heavy atom. The Hall–Kier alpha value is -1.88. The Bertz CT molecular complexity index is 587. The van der Waals surface area contributed by atoms with Gasteiger partial charge in [0.2, 0.25) is 0 Å². The van der Waals surface area contributed by atoms with Crippen LogP contribution in [0.3, 0.4) is 0 Å². The van der Waals surface area contributed by atoms with Gasteiger partial charge in [-0.15, -0.1) is 0 Å². The Morgan fingerprint density at radius 1 is 1.39 bits per heavy atom. The number of pyridine rings is 1. The lowest BCUT2D eigenvalue weighted by atomic mass is 10.3. The van der Waals surface area contributed by atoms with Gasteiger partial charge in [-0.05, 0) is 31.5 Å². The third-order valence-corrected chi connectivity index (χ3v) is 2.87. The number of carbonyl (C=O) groups is 1. The average Bonchev–Trinajstić information content (AvgIpc) is 2.64. The Balaban J connectivity index is 2.23. The fourth-order valence-electron chi connectivity index (χ4n) is 1.50. The largest absolute Gasteiger partial charge is 0.318 e. The summed E-state index contributed by atoms with van der Waals surface area (Å²) in [6.07, 6.45) is 1.64. The molecule has 0 saturated carbocycles. The average molecular weight is 265 g/mol. The zero-order valence-corrected chi connectivity index (χ0v) is 11.1. The van der Waals surface area contributed by atoms with E-state index >= 15 is 0 Å². The van der Waals surface area contributed by atoms with E-state index in [4.69, 9.17) is 11.6 Å².